The van der Waals surface area contributed by atoms with E-state index in [1.54, 1.807) is 19.2 Å². The van der Waals surface area contributed by atoms with E-state index in [4.69, 9.17) is 44.7 Å². The van der Waals surface area contributed by atoms with Crippen molar-refractivity contribution in [3.63, 3.8) is 0 Å². The monoisotopic (exact) mass is 443 g/mol. The van der Waals surface area contributed by atoms with Crippen molar-refractivity contribution in [2.45, 2.75) is 19.3 Å². The number of carbonyl (C=O) groups is 1. The van der Waals surface area contributed by atoms with E-state index in [0.29, 0.717) is 15.1 Å². The molecule has 1 aromatic carbocycles. The fourth-order valence-electron chi connectivity index (χ4n) is 2.08. The molecule has 0 atom stereocenters. The maximum atomic E-state index is 12.1. The summed E-state index contributed by atoms with van der Waals surface area (Å²) in [7, 11) is 2.97. The van der Waals surface area contributed by atoms with E-state index in [-0.39, 0.29) is 0 Å². The third-order valence-electron chi connectivity index (χ3n) is 3.25. The lowest BCUT2D eigenvalue weighted by atomic mass is 10.1. The molecule has 0 aliphatic heterocycles. The van der Waals surface area contributed by atoms with Gasteiger partial charge in [-0.25, -0.2) is 19.1 Å². The molecule has 27 heavy (non-hydrogen) atoms. The van der Waals surface area contributed by atoms with Crippen LogP contribution in [0.1, 0.15) is 34.5 Å². The first-order chi connectivity index (χ1) is 12.7. The van der Waals surface area contributed by atoms with Crippen LogP contribution in [0.5, 0.6) is 0 Å². The molecule has 6 nitrogen and oxygen atoms in total. The van der Waals surface area contributed by atoms with Gasteiger partial charge in [-0.2, -0.15) is 5.10 Å². The zero-order valence-corrected chi connectivity index (χ0v) is 16.7. The van der Waals surface area contributed by atoms with Gasteiger partial charge in [-0.1, -0.05) is 34.8 Å². The summed E-state index contributed by atoms with van der Waals surface area (Å²) in [6, 6.07) is 3.40. The Morgan fingerprint density at radius 1 is 1.33 bits per heavy atom. The van der Waals surface area contributed by atoms with Crippen molar-refractivity contribution in [2.24, 2.45) is 7.05 Å². The lowest BCUT2D eigenvalue weighted by Crippen LogP contribution is -2.13. The molecule has 0 amide bonds. The van der Waals surface area contributed by atoms with Crippen LogP contribution in [-0.2, 0) is 18.3 Å². The van der Waals surface area contributed by atoms with Crippen LogP contribution >= 0.6 is 34.8 Å². The maximum absolute atomic E-state index is 12.1. The topological polar surface area (TPSA) is 76.4 Å². The Morgan fingerprint density at radius 2 is 1.93 bits per heavy atom. The molecule has 150 valence electrons. The minimum absolute atomic E-state index is 0.451. The number of hydroxylamine groups is 1. The number of halogens is 5. The standard InChI is InChI=1S/C10H12Cl3NO.C6H6F2N2O2/c1-15-14-4-2-3-8-9(12)5-7(11)6-10(8)13;1-10-2-3(6(11)12)4(9-10)5(7)8/h5-6,14H,2-4H2,1H3;2,5H,1H3,(H,11,12). The van der Waals surface area contributed by atoms with Crippen molar-refractivity contribution in [3.05, 3.63) is 50.2 Å². The number of hydrogen-bond acceptors (Lipinski definition) is 4. The average Bonchev–Trinajstić information content (AvgIpc) is 2.96. The van der Waals surface area contributed by atoms with Crippen molar-refractivity contribution >= 4 is 40.8 Å². The summed E-state index contributed by atoms with van der Waals surface area (Å²) in [5.41, 5.74) is 2.55. The number of carboxylic acids is 1. The molecule has 0 spiro atoms. The zero-order chi connectivity index (χ0) is 20.6. The molecule has 1 aromatic heterocycles. The van der Waals surface area contributed by atoms with E-state index >= 15 is 0 Å². The third kappa shape index (κ3) is 7.59. The molecule has 11 heteroatoms. The van der Waals surface area contributed by atoms with Crippen molar-refractivity contribution in [1.29, 1.82) is 0 Å². The lowest BCUT2D eigenvalue weighted by molar-refractivity contribution is 0.0684. The van der Waals surface area contributed by atoms with Gasteiger partial charge in [-0.15, -0.1) is 0 Å². The van der Waals surface area contributed by atoms with E-state index in [0.717, 1.165) is 35.8 Å². The molecule has 2 rings (SSSR count). The van der Waals surface area contributed by atoms with E-state index in [1.807, 2.05) is 0 Å². The van der Waals surface area contributed by atoms with Crippen molar-refractivity contribution in [1.82, 2.24) is 15.3 Å². The van der Waals surface area contributed by atoms with Crippen LogP contribution < -0.4 is 5.48 Å². The predicted molar refractivity (Wildman–Crippen MR) is 99.9 cm³/mol. The van der Waals surface area contributed by atoms with Crippen LogP contribution in [0.25, 0.3) is 0 Å². The van der Waals surface area contributed by atoms with Gasteiger partial charge < -0.3 is 9.94 Å². The first kappa shape index (κ1) is 23.6. The summed E-state index contributed by atoms with van der Waals surface area (Å²) < 4.78 is 25.2. The minimum Gasteiger partial charge on any atom is -0.478 e. The number of aryl methyl sites for hydroxylation is 1. The molecular formula is C16H18Cl3F2N3O3. The van der Waals surface area contributed by atoms with Crippen LogP contribution in [0.4, 0.5) is 8.78 Å². The van der Waals surface area contributed by atoms with Gasteiger partial charge in [0.05, 0.1) is 7.11 Å². The molecule has 2 aromatic rings. The van der Waals surface area contributed by atoms with Gasteiger partial charge in [0.1, 0.15) is 11.3 Å². The van der Waals surface area contributed by atoms with Gasteiger partial charge in [0.15, 0.2) is 0 Å². The number of nitrogens with one attached hydrogen (secondary N) is 1. The Labute approximate surface area is 169 Å². The van der Waals surface area contributed by atoms with Crippen LogP contribution in [0.3, 0.4) is 0 Å². The number of rotatable bonds is 7. The molecule has 0 radical (unpaired) electrons. The lowest BCUT2D eigenvalue weighted by Gasteiger charge is -2.07. The summed E-state index contributed by atoms with van der Waals surface area (Å²) in [4.78, 5) is 15.1. The quantitative estimate of drug-likeness (QED) is 0.474. The van der Waals surface area contributed by atoms with Gasteiger partial charge in [0, 0.05) is 34.9 Å². The number of nitrogens with zero attached hydrogens (tertiary/aromatic N) is 2. The van der Waals surface area contributed by atoms with Gasteiger partial charge in [-0.3, -0.25) is 4.68 Å². The highest BCUT2D eigenvalue weighted by molar-refractivity contribution is 6.39. The molecule has 0 saturated heterocycles. The molecule has 1 heterocycles. The van der Waals surface area contributed by atoms with E-state index in [2.05, 4.69) is 10.6 Å². The van der Waals surface area contributed by atoms with Gasteiger partial charge in [-0.05, 0) is 30.5 Å². The second-order valence-corrected chi connectivity index (χ2v) is 6.51. The Bertz CT molecular complexity index is 750. The summed E-state index contributed by atoms with van der Waals surface area (Å²) in [6.07, 6.45) is -0.110. The molecule has 2 N–H and O–H groups in total. The van der Waals surface area contributed by atoms with Crippen molar-refractivity contribution < 1.29 is 23.5 Å². The summed E-state index contributed by atoms with van der Waals surface area (Å²) in [5, 5.41) is 13.5. The fourth-order valence-corrected chi connectivity index (χ4v) is 3.09. The number of aromatic carboxylic acids is 1. The highest BCUT2D eigenvalue weighted by Crippen LogP contribution is 2.29. The normalized spacial score (nSPS) is 10.7. The molecule has 0 saturated carbocycles. The molecule has 0 fully saturated rings. The Balaban J connectivity index is 0.000000277. The Hall–Kier alpha value is -1.45. The molecule has 0 unspecified atom stereocenters. The highest BCUT2D eigenvalue weighted by Gasteiger charge is 2.21. The Kier molecular flexibility index (Phi) is 9.97. The SMILES string of the molecule is CONCCCc1c(Cl)cc(Cl)cc1Cl.Cn1cc(C(=O)O)c(C(F)F)n1. The van der Waals surface area contributed by atoms with E-state index in [9.17, 15) is 13.6 Å². The molecule has 0 bridgehead atoms. The molecular weight excluding hydrogens is 427 g/mol. The maximum Gasteiger partial charge on any atom is 0.339 e. The number of hydrogen-bond donors (Lipinski definition) is 2. The van der Waals surface area contributed by atoms with Crippen LogP contribution in [0.2, 0.25) is 15.1 Å². The number of benzene rings is 1. The van der Waals surface area contributed by atoms with Crippen molar-refractivity contribution in [3.8, 4) is 0 Å². The summed E-state index contributed by atoms with van der Waals surface area (Å²) in [6.45, 7) is 0.756. The Morgan fingerprint density at radius 3 is 2.37 bits per heavy atom. The second kappa shape index (κ2) is 11.4. The average molecular weight is 445 g/mol. The molecule has 0 aliphatic rings. The summed E-state index contributed by atoms with van der Waals surface area (Å²) in [5.74, 6) is -1.39. The highest BCUT2D eigenvalue weighted by atomic mass is 35.5. The zero-order valence-electron chi connectivity index (χ0n) is 14.5. The smallest absolute Gasteiger partial charge is 0.339 e. The van der Waals surface area contributed by atoms with E-state index in [1.165, 1.54) is 7.05 Å². The predicted octanol–water partition coefficient (Wildman–Crippen LogP) is 4.79. The first-order valence-electron chi connectivity index (χ1n) is 7.61. The van der Waals surface area contributed by atoms with Gasteiger partial charge >= 0.3 is 5.97 Å². The minimum atomic E-state index is -2.85. The van der Waals surface area contributed by atoms with Crippen LogP contribution in [-0.4, -0.2) is 34.5 Å². The van der Waals surface area contributed by atoms with Crippen LogP contribution in [0, 0.1) is 0 Å². The second-order valence-electron chi connectivity index (χ2n) is 5.26. The van der Waals surface area contributed by atoms with Crippen molar-refractivity contribution in [2.75, 3.05) is 13.7 Å². The first-order valence-corrected chi connectivity index (χ1v) is 8.75. The summed E-state index contributed by atoms with van der Waals surface area (Å²) >= 11 is 17.9. The number of carboxylic acid groups (broad SMARTS) is 1. The van der Waals surface area contributed by atoms with Gasteiger partial charge in [0.2, 0.25) is 0 Å². The van der Waals surface area contributed by atoms with Crippen LogP contribution in [0.15, 0.2) is 18.3 Å². The number of aromatic nitrogens is 2. The van der Waals surface area contributed by atoms with Gasteiger partial charge in [0.25, 0.3) is 6.43 Å². The third-order valence-corrected chi connectivity index (χ3v) is 4.14. The largest absolute Gasteiger partial charge is 0.478 e. The molecule has 0 aliphatic carbocycles. The number of alkyl halides is 2. The van der Waals surface area contributed by atoms with E-state index < -0.39 is 23.7 Å². The fraction of sp³-hybridized carbons (Fsp3) is 0.375.